The number of anilines is 1. The highest BCUT2D eigenvalue weighted by Crippen LogP contribution is 2.29. The van der Waals surface area contributed by atoms with Gasteiger partial charge in [-0.25, -0.2) is 9.97 Å². The molecule has 5 heterocycles. The van der Waals surface area contributed by atoms with Gasteiger partial charge in [0.05, 0.1) is 11.2 Å². The Labute approximate surface area is 165 Å². The van der Waals surface area contributed by atoms with Crippen LogP contribution in [-0.2, 0) is 13.0 Å². The summed E-state index contributed by atoms with van der Waals surface area (Å²) in [5.41, 5.74) is 7.59. The SMILES string of the molecule is Cc1cc2nccc(=O)n2nc1N1CCc2ncc(-c3ncsc3C)cc2C1. The minimum atomic E-state index is -0.174. The molecular formula is C20H18N6OS. The molecule has 0 unspecified atom stereocenters. The predicted octanol–water partition coefficient (Wildman–Crippen LogP) is 2.79. The lowest BCUT2D eigenvalue weighted by molar-refractivity contribution is 0.685. The normalized spacial score (nSPS) is 13.7. The number of thiazole rings is 1. The summed E-state index contributed by atoms with van der Waals surface area (Å²) in [6.07, 6.45) is 4.28. The molecule has 0 spiro atoms. The van der Waals surface area contributed by atoms with Crippen molar-refractivity contribution in [2.45, 2.75) is 26.8 Å². The van der Waals surface area contributed by atoms with Gasteiger partial charge in [0, 0.05) is 54.1 Å². The van der Waals surface area contributed by atoms with Crippen LogP contribution >= 0.6 is 11.3 Å². The number of nitrogens with zero attached hydrogens (tertiary/aromatic N) is 6. The fraction of sp³-hybridized carbons (Fsp3) is 0.250. The molecule has 1 aliphatic rings. The Morgan fingerprint density at radius 2 is 2.04 bits per heavy atom. The van der Waals surface area contributed by atoms with Gasteiger partial charge in [0.1, 0.15) is 0 Å². The molecule has 0 N–H and O–H groups in total. The van der Waals surface area contributed by atoms with Crippen LogP contribution in [0.2, 0.25) is 0 Å². The molecule has 28 heavy (non-hydrogen) atoms. The Morgan fingerprint density at radius 3 is 2.86 bits per heavy atom. The summed E-state index contributed by atoms with van der Waals surface area (Å²) in [6.45, 7) is 5.59. The fourth-order valence-corrected chi connectivity index (χ4v) is 4.28. The van der Waals surface area contributed by atoms with Crippen molar-refractivity contribution in [3.05, 3.63) is 68.2 Å². The molecule has 0 amide bonds. The standard InChI is InChI=1S/C20H18N6OS/c1-12-7-17-21-5-3-18(27)26(17)24-20(12)25-6-4-16-15(10-25)8-14(9-22-16)19-13(2)28-11-23-19/h3,5,7-9,11H,4,6,10H2,1-2H3. The van der Waals surface area contributed by atoms with Crippen molar-refractivity contribution in [2.24, 2.45) is 0 Å². The average Bonchev–Trinajstić information content (AvgIpc) is 3.13. The Bertz CT molecular complexity index is 1260. The first-order valence-electron chi connectivity index (χ1n) is 9.09. The van der Waals surface area contributed by atoms with Crippen LogP contribution in [0.4, 0.5) is 5.82 Å². The number of fused-ring (bicyclic) bond motifs is 2. The van der Waals surface area contributed by atoms with Gasteiger partial charge in [-0.2, -0.15) is 4.52 Å². The molecule has 4 aromatic heterocycles. The molecule has 0 aromatic carbocycles. The Balaban J connectivity index is 1.54. The van der Waals surface area contributed by atoms with Crippen LogP contribution in [0.15, 0.2) is 40.9 Å². The van der Waals surface area contributed by atoms with E-state index >= 15 is 0 Å². The number of aryl methyl sites for hydroxylation is 2. The second-order valence-corrected chi connectivity index (χ2v) is 8.02. The van der Waals surface area contributed by atoms with Crippen molar-refractivity contribution in [2.75, 3.05) is 11.4 Å². The van der Waals surface area contributed by atoms with E-state index in [2.05, 4.69) is 37.9 Å². The zero-order valence-corrected chi connectivity index (χ0v) is 16.4. The van der Waals surface area contributed by atoms with E-state index in [1.165, 1.54) is 27.2 Å². The van der Waals surface area contributed by atoms with Gasteiger partial charge in [-0.3, -0.25) is 9.78 Å². The van der Waals surface area contributed by atoms with Gasteiger partial charge in [-0.1, -0.05) is 0 Å². The van der Waals surface area contributed by atoms with Crippen molar-refractivity contribution in [3.8, 4) is 11.3 Å². The van der Waals surface area contributed by atoms with Crippen LogP contribution < -0.4 is 10.5 Å². The van der Waals surface area contributed by atoms with E-state index < -0.39 is 0 Å². The molecule has 140 valence electrons. The monoisotopic (exact) mass is 390 g/mol. The van der Waals surface area contributed by atoms with E-state index in [9.17, 15) is 4.79 Å². The third kappa shape index (κ3) is 2.77. The molecule has 0 bridgehead atoms. The van der Waals surface area contributed by atoms with E-state index in [4.69, 9.17) is 0 Å². The largest absolute Gasteiger partial charge is 0.350 e. The minimum Gasteiger partial charge on any atom is -0.350 e. The fourth-order valence-electron chi connectivity index (χ4n) is 3.68. The first kappa shape index (κ1) is 17.0. The van der Waals surface area contributed by atoms with Crippen LogP contribution in [0.5, 0.6) is 0 Å². The quantitative estimate of drug-likeness (QED) is 0.524. The highest BCUT2D eigenvalue weighted by atomic mass is 32.1. The lowest BCUT2D eigenvalue weighted by Crippen LogP contribution is -2.33. The predicted molar refractivity (Wildman–Crippen MR) is 109 cm³/mol. The van der Waals surface area contributed by atoms with Gasteiger partial charge in [0.25, 0.3) is 5.56 Å². The highest BCUT2D eigenvalue weighted by Gasteiger charge is 2.22. The molecule has 0 aliphatic carbocycles. The van der Waals surface area contributed by atoms with Crippen LogP contribution in [0.3, 0.4) is 0 Å². The molecule has 4 aromatic rings. The van der Waals surface area contributed by atoms with Gasteiger partial charge in [0.15, 0.2) is 11.5 Å². The molecule has 8 heteroatoms. The summed E-state index contributed by atoms with van der Waals surface area (Å²) < 4.78 is 1.37. The highest BCUT2D eigenvalue weighted by molar-refractivity contribution is 7.10. The number of aromatic nitrogens is 5. The third-order valence-electron chi connectivity index (χ3n) is 5.10. The maximum Gasteiger partial charge on any atom is 0.274 e. The van der Waals surface area contributed by atoms with Gasteiger partial charge >= 0.3 is 0 Å². The summed E-state index contributed by atoms with van der Waals surface area (Å²) in [5, 5.41) is 4.59. The smallest absolute Gasteiger partial charge is 0.274 e. The number of rotatable bonds is 2. The molecule has 0 radical (unpaired) electrons. The maximum atomic E-state index is 12.2. The molecule has 7 nitrogen and oxygen atoms in total. The molecule has 0 fully saturated rings. The van der Waals surface area contributed by atoms with E-state index in [0.717, 1.165) is 41.3 Å². The van der Waals surface area contributed by atoms with Gasteiger partial charge < -0.3 is 4.90 Å². The van der Waals surface area contributed by atoms with Crippen molar-refractivity contribution in [3.63, 3.8) is 0 Å². The van der Waals surface area contributed by atoms with Crippen LogP contribution in [0, 0.1) is 13.8 Å². The van der Waals surface area contributed by atoms with E-state index in [-0.39, 0.29) is 5.56 Å². The first-order valence-corrected chi connectivity index (χ1v) is 9.97. The Kier molecular flexibility index (Phi) is 3.94. The van der Waals surface area contributed by atoms with Crippen LogP contribution in [0.25, 0.3) is 16.9 Å². The van der Waals surface area contributed by atoms with Gasteiger partial charge in [0.2, 0.25) is 0 Å². The summed E-state index contributed by atoms with van der Waals surface area (Å²) in [4.78, 5) is 29.0. The van der Waals surface area contributed by atoms with Crippen molar-refractivity contribution in [1.82, 2.24) is 24.6 Å². The van der Waals surface area contributed by atoms with Crippen LogP contribution in [0.1, 0.15) is 21.7 Å². The maximum absolute atomic E-state index is 12.2. The molecule has 0 atom stereocenters. The molecule has 5 rings (SSSR count). The summed E-state index contributed by atoms with van der Waals surface area (Å²) in [5.74, 6) is 0.809. The Morgan fingerprint density at radius 1 is 1.14 bits per heavy atom. The zero-order valence-electron chi connectivity index (χ0n) is 15.6. The van der Waals surface area contributed by atoms with E-state index in [1.54, 1.807) is 11.3 Å². The molecule has 1 aliphatic heterocycles. The van der Waals surface area contributed by atoms with E-state index in [1.807, 2.05) is 24.7 Å². The Hall–Kier alpha value is -3.13. The van der Waals surface area contributed by atoms with Crippen molar-refractivity contribution in [1.29, 1.82) is 0 Å². The van der Waals surface area contributed by atoms with Gasteiger partial charge in [-0.05, 0) is 37.1 Å². The average molecular weight is 390 g/mol. The molecule has 0 saturated carbocycles. The number of hydrogen-bond acceptors (Lipinski definition) is 7. The molecular weight excluding hydrogens is 372 g/mol. The first-order chi connectivity index (χ1) is 13.6. The van der Waals surface area contributed by atoms with E-state index in [0.29, 0.717) is 12.2 Å². The zero-order chi connectivity index (χ0) is 19.3. The second kappa shape index (κ2) is 6.49. The number of hydrogen-bond donors (Lipinski definition) is 0. The topological polar surface area (TPSA) is 76.3 Å². The van der Waals surface area contributed by atoms with Crippen LogP contribution in [-0.4, -0.2) is 31.1 Å². The minimum absolute atomic E-state index is 0.174. The third-order valence-corrected chi connectivity index (χ3v) is 5.86. The lowest BCUT2D eigenvalue weighted by Gasteiger charge is -2.30. The number of pyridine rings is 1. The van der Waals surface area contributed by atoms with Gasteiger partial charge in [-0.15, -0.1) is 16.4 Å². The second-order valence-electron chi connectivity index (χ2n) is 6.96. The lowest BCUT2D eigenvalue weighted by atomic mass is 10.0. The summed E-state index contributed by atoms with van der Waals surface area (Å²) in [7, 11) is 0. The van der Waals surface area contributed by atoms with Crippen molar-refractivity contribution >= 4 is 22.8 Å². The summed E-state index contributed by atoms with van der Waals surface area (Å²) in [6, 6.07) is 5.52. The molecule has 0 saturated heterocycles. The summed E-state index contributed by atoms with van der Waals surface area (Å²) >= 11 is 1.64. The van der Waals surface area contributed by atoms with Crippen molar-refractivity contribution < 1.29 is 0 Å².